The second kappa shape index (κ2) is 7.41. The lowest BCUT2D eigenvalue weighted by Crippen LogP contribution is -2.41. The Morgan fingerprint density at radius 1 is 1.48 bits per heavy atom. The van der Waals surface area contributed by atoms with Gasteiger partial charge in [0.1, 0.15) is 0 Å². The molecular weight excluding hydrogens is 324 g/mol. The molecule has 0 bridgehead atoms. The van der Waals surface area contributed by atoms with Crippen LogP contribution in [-0.4, -0.2) is 41.4 Å². The predicted molar refractivity (Wildman–Crippen MR) is 83.4 cm³/mol. The summed E-state index contributed by atoms with van der Waals surface area (Å²) < 4.78 is 4.98. The summed E-state index contributed by atoms with van der Waals surface area (Å²) in [5.74, 6) is -0.584. The van der Waals surface area contributed by atoms with Crippen molar-refractivity contribution in [3.8, 4) is 0 Å². The van der Waals surface area contributed by atoms with Crippen LogP contribution >= 0.6 is 11.6 Å². The number of carbonyl (C=O) groups is 2. The van der Waals surface area contributed by atoms with Crippen molar-refractivity contribution in [3.05, 3.63) is 38.9 Å². The second-order valence-corrected chi connectivity index (χ2v) is 5.99. The van der Waals surface area contributed by atoms with Crippen LogP contribution in [-0.2, 0) is 9.53 Å². The van der Waals surface area contributed by atoms with Crippen LogP contribution in [0.2, 0.25) is 5.02 Å². The average Bonchev–Trinajstić information content (AvgIpc) is 2.52. The van der Waals surface area contributed by atoms with Crippen LogP contribution in [0.5, 0.6) is 0 Å². The Balaban J connectivity index is 1.94. The Hall–Kier alpha value is -2.15. The van der Waals surface area contributed by atoms with Gasteiger partial charge >= 0.3 is 5.97 Å². The molecule has 0 spiro atoms. The standard InChI is InChI=1S/C15H17ClN2O5/c1-10-3-2-6-17(8-10)14(19)9-23-15(20)12-5-4-11(18(21)22)7-13(12)16/h4-5,7,10H,2-3,6,8-9H2,1H3/t10-/m1/s1. The van der Waals surface area contributed by atoms with Gasteiger partial charge in [0.25, 0.3) is 11.6 Å². The summed E-state index contributed by atoms with van der Waals surface area (Å²) >= 11 is 5.85. The summed E-state index contributed by atoms with van der Waals surface area (Å²) in [5, 5.41) is 10.6. The van der Waals surface area contributed by atoms with E-state index >= 15 is 0 Å². The van der Waals surface area contributed by atoms with Crippen LogP contribution in [0.15, 0.2) is 18.2 Å². The Kier molecular flexibility index (Phi) is 5.54. The fourth-order valence-electron chi connectivity index (χ4n) is 2.50. The normalized spacial score (nSPS) is 17.7. The van der Waals surface area contributed by atoms with E-state index in [2.05, 4.69) is 6.92 Å². The first-order valence-electron chi connectivity index (χ1n) is 7.27. The monoisotopic (exact) mass is 340 g/mol. The highest BCUT2D eigenvalue weighted by atomic mass is 35.5. The number of nitro groups is 1. The molecule has 1 aliphatic heterocycles. The van der Waals surface area contributed by atoms with E-state index in [0.717, 1.165) is 25.0 Å². The maximum absolute atomic E-state index is 12.0. The highest BCUT2D eigenvalue weighted by molar-refractivity contribution is 6.33. The van der Waals surface area contributed by atoms with Crippen LogP contribution < -0.4 is 0 Å². The largest absolute Gasteiger partial charge is 0.452 e. The second-order valence-electron chi connectivity index (χ2n) is 5.58. The van der Waals surface area contributed by atoms with Gasteiger partial charge in [0.2, 0.25) is 0 Å². The van der Waals surface area contributed by atoms with Gasteiger partial charge in [-0.05, 0) is 24.8 Å². The Bertz CT molecular complexity index is 634. The number of piperidine rings is 1. The van der Waals surface area contributed by atoms with Crippen molar-refractivity contribution in [1.82, 2.24) is 4.90 Å². The molecule has 2 rings (SSSR count). The molecule has 0 radical (unpaired) electrons. The third-order valence-electron chi connectivity index (χ3n) is 3.72. The van der Waals surface area contributed by atoms with Crippen molar-refractivity contribution in [2.24, 2.45) is 5.92 Å². The fourth-order valence-corrected chi connectivity index (χ4v) is 2.75. The molecule has 1 heterocycles. The molecule has 0 aliphatic carbocycles. The summed E-state index contributed by atoms with van der Waals surface area (Å²) in [6.45, 7) is 3.04. The van der Waals surface area contributed by atoms with Crippen LogP contribution in [0, 0.1) is 16.0 Å². The highest BCUT2D eigenvalue weighted by Gasteiger charge is 2.23. The number of carbonyl (C=O) groups excluding carboxylic acids is 2. The fraction of sp³-hybridized carbons (Fsp3) is 0.467. The van der Waals surface area contributed by atoms with Crippen LogP contribution in [0.3, 0.4) is 0 Å². The third-order valence-corrected chi connectivity index (χ3v) is 4.03. The van der Waals surface area contributed by atoms with Gasteiger partial charge in [0.15, 0.2) is 6.61 Å². The topological polar surface area (TPSA) is 89.8 Å². The maximum Gasteiger partial charge on any atom is 0.340 e. The van der Waals surface area contributed by atoms with Gasteiger partial charge in [-0.15, -0.1) is 0 Å². The first-order chi connectivity index (χ1) is 10.9. The van der Waals surface area contributed by atoms with Crippen molar-refractivity contribution in [1.29, 1.82) is 0 Å². The van der Waals surface area contributed by atoms with Gasteiger partial charge in [0, 0.05) is 25.2 Å². The number of hydrogen-bond acceptors (Lipinski definition) is 5. The van der Waals surface area contributed by atoms with Gasteiger partial charge < -0.3 is 9.64 Å². The number of amides is 1. The first-order valence-corrected chi connectivity index (χ1v) is 7.65. The summed E-state index contributed by atoms with van der Waals surface area (Å²) in [5.41, 5.74) is -0.220. The summed E-state index contributed by atoms with van der Waals surface area (Å²) in [7, 11) is 0. The number of nitrogens with zero attached hydrogens (tertiary/aromatic N) is 2. The molecule has 0 unspecified atom stereocenters. The summed E-state index contributed by atoms with van der Waals surface area (Å²) in [6.07, 6.45) is 2.02. The maximum atomic E-state index is 12.0. The molecule has 1 aromatic carbocycles. The predicted octanol–water partition coefficient (Wildman–Crippen LogP) is 2.66. The molecule has 7 nitrogen and oxygen atoms in total. The molecule has 1 amide bonds. The van der Waals surface area contributed by atoms with Gasteiger partial charge in [-0.2, -0.15) is 0 Å². The van der Waals surface area contributed by atoms with E-state index in [1.54, 1.807) is 4.90 Å². The highest BCUT2D eigenvalue weighted by Crippen LogP contribution is 2.23. The van der Waals surface area contributed by atoms with Crippen molar-refractivity contribution in [2.75, 3.05) is 19.7 Å². The Labute approximate surface area is 138 Å². The lowest BCUT2D eigenvalue weighted by Gasteiger charge is -2.30. The van der Waals surface area contributed by atoms with Gasteiger partial charge in [-0.25, -0.2) is 4.79 Å². The molecular formula is C15H17ClN2O5. The van der Waals surface area contributed by atoms with Crippen molar-refractivity contribution in [3.63, 3.8) is 0 Å². The summed E-state index contributed by atoms with van der Waals surface area (Å²) in [6, 6.07) is 3.46. The van der Waals surface area contributed by atoms with Crippen molar-refractivity contribution < 1.29 is 19.2 Å². The molecule has 1 fully saturated rings. The molecule has 0 saturated carbocycles. The van der Waals surface area contributed by atoms with E-state index in [1.807, 2.05) is 0 Å². The lowest BCUT2D eigenvalue weighted by atomic mass is 10.0. The molecule has 124 valence electrons. The molecule has 1 atom stereocenters. The van der Waals surface area contributed by atoms with E-state index in [0.29, 0.717) is 19.0 Å². The minimum Gasteiger partial charge on any atom is -0.452 e. The molecule has 23 heavy (non-hydrogen) atoms. The number of esters is 1. The molecule has 0 N–H and O–H groups in total. The van der Waals surface area contributed by atoms with Crippen LogP contribution in [0.1, 0.15) is 30.1 Å². The number of non-ortho nitro benzene ring substituents is 1. The lowest BCUT2D eigenvalue weighted by molar-refractivity contribution is -0.384. The van der Waals surface area contributed by atoms with Crippen molar-refractivity contribution in [2.45, 2.75) is 19.8 Å². The zero-order valence-electron chi connectivity index (χ0n) is 12.7. The van der Waals surface area contributed by atoms with E-state index in [4.69, 9.17) is 16.3 Å². The zero-order valence-corrected chi connectivity index (χ0v) is 13.4. The van der Waals surface area contributed by atoms with E-state index in [9.17, 15) is 19.7 Å². The number of ether oxygens (including phenoxy) is 1. The van der Waals surface area contributed by atoms with Crippen LogP contribution in [0.25, 0.3) is 0 Å². The average molecular weight is 341 g/mol. The molecule has 1 aromatic rings. The molecule has 1 aliphatic rings. The number of likely N-dealkylation sites (tertiary alicyclic amines) is 1. The number of halogens is 1. The minimum absolute atomic E-state index is 0.00270. The van der Waals surface area contributed by atoms with Gasteiger partial charge in [0.05, 0.1) is 15.5 Å². The van der Waals surface area contributed by atoms with E-state index in [1.165, 1.54) is 6.07 Å². The number of hydrogen-bond donors (Lipinski definition) is 0. The Morgan fingerprint density at radius 3 is 2.83 bits per heavy atom. The van der Waals surface area contributed by atoms with Gasteiger partial charge in [-0.1, -0.05) is 18.5 Å². The summed E-state index contributed by atoms with van der Waals surface area (Å²) in [4.78, 5) is 35.7. The molecule has 0 aromatic heterocycles. The van der Waals surface area contributed by atoms with E-state index in [-0.39, 0.29) is 28.8 Å². The first kappa shape index (κ1) is 17.2. The zero-order chi connectivity index (χ0) is 17.0. The van der Waals surface area contributed by atoms with E-state index < -0.39 is 10.9 Å². The number of rotatable bonds is 4. The molecule has 8 heteroatoms. The number of benzene rings is 1. The number of nitro benzene ring substituents is 1. The smallest absolute Gasteiger partial charge is 0.340 e. The van der Waals surface area contributed by atoms with Crippen LogP contribution in [0.4, 0.5) is 5.69 Å². The Morgan fingerprint density at radius 2 is 2.22 bits per heavy atom. The van der Waals surface area contributed by atoms with Gasteiger partial charge in [-0.3, -0.25) is 14.9 Å². The third kappa shape index (κ3) is 4.41. The van der Waals surface area contributed by atoms with Crippen molar-refractivity contribution >= 4 is 29.2 Å². The quantitative estimate of drug-likeness (QED) is 0.477. The minimum atomic E-state index is -0.775. The SMILES string of the molecule is C[C@@H]1CCCN(C(=O)COC(=O)c2ccc([N+](=O)[O-])cc2Cl)C1. The molecule has 1 saturated heterocycles.